The van der Waals surface area contributed by atoms with Crippen LogP contribution in [0.2, 0.25) is 5.02 Å². The van der Waals surface area contributed by atoms with E-state index in [0.717, 1.165) is 6.07 Å². The highest BCUT2D eigenvalue weighted by atomic mass is 35.5. The first-order valence-corrected chi connectivity index (χ1v) is 5.71. The molecule has 2 aromatic rings. The van der Waals surface area contributed by atoms with Gasteiger partial charge in [0.1, 0.15) is 11.6 Å². The van der Waals surface area contributed by atoms with Crippen LogP contribution >= 0.6 is 11.6 Å². The summed E-state index contributed by atoms with van der Waals surface area (Å²) in [7, 11) is 0. The first kappa shape index (κ1) is 12.8. The third-order valence-electron chi connectivity index (χ3n) is 2.35. The number of hydrogen-bond acceptors (Lipinski definition) is 3. The van der Waals surface area contributed by atoms with Gasteiger partial charge in [-0.2, -0.15) is 0 Å². The van der Waals surface area contributed by atoms with Crippen molar-refractivity contribution in [1.82, 2.24) is 4.98 Å². The van der Waals surface area contributed by atoms with Gasteiger partial charge >= 0.3 is 0 Å². The Morgan fingerprint density at radius 1 is 1.39 bits per heavy atom. The number of benzene rings is 1. The monoisotopic (exact) mass is 267 g/mol. The highest BCUT2D eigenvalue weighted by Gasteiger charge is 2.12. The number of halogens is 2. The Bertz CT molecular complexity index is 560. The lowest BCUT2D eigenvalue weighted by molar-refractivity contribution is 0.194. The second-order valence-corrected chi connectivity index (χ2v) is 4.16. The van der Waals surface area contributed by atoms with Gasteiger partial charge < -0.3 is 9.84 Å². The van der Waals surface area contributed by atoms with Gasteiger partial charge in [0.05, 0.1) is 11.1 Å². The van der Waals surface area contributed by atoms with Gasteiger partial charge in [0.25, 0.3) is 0 Å². The summed E-state index contributed by atoms with van der Waals surface area (Å²) < 4.78 is 18.4. The van der Waals surface area contributed by atoms with Crippen LogP contribution in [0.3, 0.4) is 0 Å². The number of pyridine rings is 1. The Morgan fingerprint density at radius 2 is 2.17 bits per heavy atom. The normalized spacial score (nSPS) is 12.2. The summed E-state index contributed by atoms with van der Waals surface area (Å²) in [6, 6.07) is 7.21. The van der Waals surface area contributed by atoms with E-state index in [1.165, 1.54) is 12.1 Å². The van der Waals surface area contributed by atoms with Crippen molar-refractivity contribution in [2.75, 3.05) is 0 Å². The first-order chi connectivity index (χ1) is 8.58. The standard InChI is InChI=1S/C13H11ClFNO2/c1-8(17)10-3-2-6-16-13(10)18-12-5-4-9(15)7-11(12)14/h2-8,17H,1H3/t8-/m1/s1. The van der Waals surface area contributed by atoms with Crippen LogP contribution in [-0.4, -0.2) is 10.1 Å². The summed E-state index contributed by atoms with van der Waals surface area (Å²) in [4.78, 5) is 4.02. The number of hydrogen-bond donors (Lipinski definition) is 1. The SMILES string of the molecule is C[C@@H](O)c1cccnc1Oc1ccc(F)cc1Cl. The van der Waals surface area contributed by atoms with E-state index >= 15 is 0 Å². The topological polar surface area (TPSA) is 42.4 Å². The van der Waals surface area contributed by atoms with Crippen molar-refractivity contribution in [1.29, 1.82) is 0 Å². The van der Waals surface area contributed by atoms with Crippen molar-refractivity contribution in [3.05, 3.63) is 52.9 Å². The van der Waals surface area contributed by atoms with Crippen molar-refractivity contribution in [3.8, 4) is 11.6 Å². The van der Waals surface area contributed by atoms with Gasteiger partial charge in [-0.1, -0.05) is 11.6 Å². The summed E-state index contributed by atoms with van der Waals surface area (Å²) in [6.45, 7) is 1.61. The first-order valence-electron chi connectivity index (χ1n) is 5.34. The highest BCUT2D eigenvalue weighted by Crippen LogP contribution is 2.32. The molecule has 0 amide bonds. The average molecular weight is 268 g/mol. The molecular formula is C13H11ClFNO2. The van der Waals surface area contributed by atoms with Crippen molar-refractivity contribution in [3.63, 3.8) is 0 Å². The molecule has 0 saturated heterocycles. The Morgan fingerprint density at radius 3 is 2.83 bits per heavy atom. The number of ether oxygens (including phenoxy) is 1. The van der Waals surface area contributed by atoms with Crippen LogP contribution in [0.1, 0.15) is 18.6 Å². The molecule has 0 aliphatic heterocycles. The molecule has 1 atom stereocenters. The lowest BCUT2D eigenvalue weighted by atomic mass is 10.2. The van der Waals surface area contributed by atoms with Gasteiger partial charge in [0.2, 0.25) is 5.88 Å². The molecule has 18 heavy (non-hydrogen) atoms. The Kier molecular flexibility index (Phi) is 3.79. The van der Waals surface area contributed by atoms with Gasteiger partial charge in [0.15, 0.2) is 0 Å². The van der Waals surface area contributed by atoms with E-state index in [-0.39, 0.29) is 10.9 Å². The lowest BCUT2D eigenvalue weighted by Crippen LogP contribution is -1.98. The zero-order valence-corrected chi connectivity index (χ0v) is 10.4. The summed E-state index contributed by atoms with van der Waals surface area (Å²) >= 11 is 5.86. The molecule has 1 heterocycles. The van der Waals surface area contributed by atoms with Crippen molar-refractivity contribution < 1.29 is 14.2 Å². The van der Waals surface area contributed by atoms with E-state index in [9.17, 15) is 9.50 Å². The molecule has 5 heteroatoms. The van der Waals surface area contributed by atoms with Crippen LogP contribution < -0.4 is 4.74 Å². The van der Waals surface area contributed by atoms with E-state index in [4.69, 9.17) is 16.3 Å². The zero-order valence-electron chi connectivity index (χ0n) is 9.60. The summed E-state index contributed by atoms with van der Waals surface area (Å²) in [5.74, 6) is 0.101. The number of aliphatic hydroxyl groups excluding tert-OH is 1. The third-order valence-corrected chi connectivity index (χ3v) is 2.65. The van der Waals surface area contributed by atoms with E-state index < -0.39 is 11.9 Å². The second-order valence-electron chi connectivity index (χ2n) is 3.75. The molecule has 0 saturated carbocycles. The van der Waals surface area contributed by atoms with Gasteiger partial charge in [-0.25, -0.2) is 9.37 Å². The summed E-state index contributed by atoms with van der Waals surface area (Å²) in [5.41, 5.74) is 0.540. The highest BCUT2D eigenvalue weighted by molar-refractivity contribution is 6.32. The molecular weight excluding hydrogens is 257 g/mol. The molecule has 1 N–H and O–H groups in total. The number of aliphatic hydroxyl groups is 1. The maximum Gasteiger partial charge on any atom is 0.225 e. The van der Waals surface area contributed by atoms with Crippen molar-refractivity contribution >= 4 is 11.6 Å². The fourth-order valence-electron chi connectivity index (χ4n) is 1.47. The molecule has 0 aliphatic rings. The second kappa shape index (κ2) is 5.33. The van der Waals surface area contributed by atoms with E-state index in [1.54, 1.807) is 25.3 Å². The average Bonchev–Trinajstić information content (AvgIpc) is 2.33. The fraction of sp³-hybridized carbons (Fsp3) is 0.154. The van der Waals surface area contributed by atoms with Gasteiger partial charge in [-0.3, -0.25) is 0 Å². The molecule has 0 fully saturated rings. The van der Waals surface area contributed by atoms with E-state index in [0.29, 0.717) is 11.3 Å². The van der Waals surface area contributed by atoms with Crippen LogP contribution in [-0.2, 0) is 0 Å². The molecule has 1 aromatic carbocycles. The predicted molar refractivity (Wildman–Crippen MR) is 66.4 cm³/mol. The quantitative estimate of drug-likeness (QED) is 0.922. The number of nitrogens with zero attached hydrogens (tertiary/aromatic N) is 1. The van der Waals surface area contributed by atoms with E-state index in [2.05, 4.69) is 4.98 Å². The molecule has 1 aromatic heterocycles. The van der Waals surface area contributed by atoms with Gasteiger partial charge in [-0.05, 0) is 37.3 Å². The molecule has 94 valence electrons. The van der Waals surface area contributed by atoms with Crippen LogP contribution in [0.4, 0.5) is 4.39 Å². The molecule has 0 spiro atoms. The summed E-state index contributed by atoms with van der Waals surface area (Å²) in [6.07, 6.45) is 0.825. The minimum atomic E-state index is -0.715. The van der Waals surface area contributed by atoms with Crippen LogP contribution in [0, 0.1) is 5.82 Å². The molecule has 0 aliphatic carbocycles. The zero-order chi connectivity index (χ0) is 13.1. The number of rotatable bonds is 3. The number of aromatic nitrogens is 1. The van der Waals surface area contributed by atoms with Gasteiger partial charge in [0, 0.05) is 11.8 Å². The smallest absolute Gasteiger partial charge is 0.225 e. The minimum Gasteiger partial charge on any atom is -0.437 e. The Hall–Kier alpha value is -1.65. The predicted octanol–water partition coefficient (Wildman–Crippen LogP) is 3.72. The minimum absolute atomic E-state index is 0.150. The molecule has 0 radical (unpaired) electrons. The Labute approximate surface area is 109 Å². The maximum absolute atomic E-state index is 12.9. The maximum atomic E-state index is 12.9. The third kappa shape index (κ3) is 2.78. The molecule has 3 nitrogen and oxygen atoms in total. The van der Waals surface area contributed by atoms with Crippen molar-refractivity contribution in [2.45, 2.75) is 13.0 Å². The van der Waals surface area contributed by atoms with E-state index in [1.807, 2.05) is 0 Å². The molecule has 2 rings (SSSR count). The van der Waals surface area contributed by atoms with Crippen LogP contribution in [0.15, 0.2) is 36.5 Å². The van der Waals surface area contributed by atoms with Gasteiger partial charge in [-0.15, -0.1) is 0 Å². The van der Waals surface area contributed by atoms with Crippen LogP contribution in [0.25, 0.3) is 0 Å². The molecule has 0 bridgehead atoms. The van der Waals surface area contributed by atoms with Crippen LogP contribution in [0.5, 0.6) is 11.6 Å². The lowest BCUT2D eigenvalue weighted by Gasteiger charge is -2.12. The Balaban J connectivity index is 2.34. The van der Waals surface area contributed by atoms with Crippen molar-refractivity contribution in [2.24, 2.45) is 0 Å². The fourth-order valence-corrected chi connectivity index (χ4v) is 1.67. The molecule has 0 unspecified atom stereocenters. The summed E-state index contributed by atoms with van der Waals surface area (Å²) in [5, 5.41) is 9.73. The largest absolute Gasteiger partial charge is 0.437 e.